The Morgan fingerprint density at radius 3 is 2.58 bits per heavy atom. The van der Waals surface area contributed by atoms with Gasteiger partial charge in [-0.05, 0) is 54.3 Å². The van der Waals surface area contributed by atoms with Crippen molar-refractivity contribution in [3.8, 4) is 11.1 Å². The lowest BCUT2D eigenvalue weighted by Gasteiger charge is -2.23. The summed E-state index contributed by atoms with van der Waals surface area (Å²) in [5.74, 6) is -0.0479. The first kappa shape index (κ1) is 20.4. The Morgan fingerprint density at radius 1 is 1.06 bits per heavy atom. The Kier molecular flexibility index (Phi) is 5.85. The lowest BCUT2D eigenvalue weighted by atomic mass is 10.0. The van der Waals surface area contributed by atoms with Gasteiger partial charge < -0.3 is 4.74 Å². The number of carbonyl (C=O) groups excluding carboxylic acids is 1. The van der Waals surface area contributed by atoms with E-state index in [4.69, 9.17) is 9.72 Å². The number of anilines is 1. The number of thiazole rings is 1. The molecule has 0 aliphatic carbocycles. The zero-order valence-corrected chi connectivity index (χ0v) is 19.2. The van der Waals surface area contributed by atoms with E-state index in [1.165, 1.54) is 11.3 Å². The summed E-state index contributed by atoms with van der Waals surface area (Å²) in [7, 11) is 0. The van der Waals surface area contributed by atoms with E-state index in [1.807, 2.05) is 60.7 Å². The minimum absolute atomic E-state index is 0.0475. The van der Waals surface area contributed by atoms with Crippen LogP contribution in [0, 0.1) is 0 Å². The predicted octanol–water partition coefficient (Wildman–Crippen LogP) is 6.55. The fourth-order valence-corrected chi connectivity index (χ4v) is 5.36. The first-order valence-electron chi connectivity index (χ1n) is 10.3. The minimum atomic E-state index is -0.0479. The Hall–Kier alpha value is -2.54. The topological polar surface area (TPSA) is 42.4 Å². The van der Waals surface area contributed by atoms with E-state index >= 15 is 0 Å². The SMILES string of the molecule is O=C(c1ccc(-c2ccccc2)cc1)N(CC1CCCO1)c1nc2ccc(Br)cc2s1. The standard InChI is InChI=1S/C25H21BrN2O2S/c26-20-12-13-22-23(15-20)31-25(27-22)28(16-21-7-4-14-30-21)24(29)19-10-8-18(9-11-19)17-5-2-1-3-6-17/h1-3,5-6,8-13,15,21H,4,7,14,16H2. The quantitative estimate of drug-likeness (QED) is 0.317. The number of hydrogen-bond donors (Lipinski definition) is 0. The Balaban J connectivity index is 1.47. The molecule has 3 aromatic carbocycles. The first-order chi connectivity index (χ1) is 15.2. The molecule has 5 rings (SSSR count). The van der Waals surface area contributed by atoms with E-state index < -0.39 is 0 Å². The van der Waals surface area contributed by atoms with Crippen molar-refractivity contribution >= 4 is 48.5 Å². The highest BCUT2D eigenvalue weighted by Gasteiger charge is 2.27. The summed E-state index contributed by atoms with van der Waals surface area (Å²) >= 11 is 5.05. The van der Waals surface area contributed by atoms with Gasteiger partial charge in [0.1, 0.15) is 0 Å². The van der Waals surface area contributed by atoms with Crippen molar-refractivity contribution in [2.24, 2.45) is 0 Å². The van der Waals surface area contributed by atoms with Crippen molar-refractivity contribution in [2.75, 3.05) is 18.1 Å². The fourth-order valence-electron chi connectivity index (χ4n) is 3.83. The average Bonchev–Trinajstić information content (AvgIpc) is 3.47. The van der Waals surface area contributed by atoms with E-state index in [1.54, 1.807) is 4.90 Å². The van der Waals surface area contributed by atoms with Crippen LogP contribution in [0.1, 0.15) is 23.2 Å². The van der Waals surface area contributed by atoms with Gasteiger partial charge in [0.15, 0.2) is 5.13 Å². The lowest BCUT2D eigenvalue weighted by molar-refractivity contribution is 0.0917. The van der Waals surface area contributed by atoms with E-state index in [9.17, 15) is 4.79 Å². The molecule has 0 N–H and O–H groups in total. The first-order valence-corrected chi connectivity index (χ1v) is 11.9. The predicted molar refractivity (Wildman–Crippen MR) is 130 cm³/mol. The number of halogens is 1. The summed E-state index contributed by atoms with van der Waals surface area (Å²) < 4.78 is 7.89. The van der Waals surface area contributed by atoms with E-state index in [2.05, 4.69) is 28.1 Å². The molecule has 1 aromatic heterocycles. The van der Waals surface area contributed by atoms with Crippen molar-refractivity contribution in [1.82, 2.24) is 4.98 Å². The van der Waals surface area contributed by atoms with Crippen LogP contribution in [0.2, 0.25) is 0 Å². The van der Waals surface area contributed by atoms with Gasteiger partial charge in [-0.15, -0.1) is 0 Å². The van der Waals surface area contributed by atoms with Gasteiger partial charge in [0, 0.05) is 16.6 Å². The molecule has 1 aliphatic heterocycles. The second kappa shape index (κ2) is 8.91. The maximum absolute atomic E-state index is 13.6. The van der Waals surface area contributed by atoms with Crippen LogP contribution in [0.3, 0.4) is 0 Å². The maximum Gasteiger partial charge on any atom is 0.260 e. The van der Waals surface area contributed by atoms with Crippen LogP contribution in [0.4, 0.5) is 5.13 Å². The summed E-state index contributed by atoms with van der Waals surface area (Å²) in [5.41, 5.74) is 3.77. The second-order valence-corrected chi connectivity index (χ2v) is 9.53. The highest BCUT2D eigenvalue weighted by Crippen LogP contribution is 2.33. The third-order valence-corrected chi connectivity index (χ3v) is 7.00. The maximum atomic E-state index is 13.6. The highest BCUT2D eigenvalue weighted by atomic mass is 79.9. The molecule has 0 spiro atoms. The Labute approximate surface area is 193 Å². The summed E-state index contributed by atoms with van der Waals surface area (Å²) in [6.45, 7) is 1.27. The molecule has 0 saturated carbocycles. The summed E-state index contributed by atoms with van der Waals surface area (Å²) in [6, 6.07) is 24.0. The average molecular weight is 493 g/mol. The molecule has 1 atom stereocenters. The number of benzene rings is 3. The molecule has 0 radical (unpaired) electrons. The number of rotatable bonds is 5. The van der Waals surface area contributed by atoms with Crippen LogP contribution in [0.15, 0.2) is 77.3 Å². The normalized spacial score (nSPS) is 16.0. The van der Waals surface area contributed by atoms with Crippen LogP contribution in [0.5, 0.6) is 0 Å². The van der Waals surface area contributed by atoms with Crippen LogP contribution in [-0.4, -0.2) is 30.1 Å². The van der Waals surface area contributed by atoms with Gasteiger partial charge in [-0.1, -0.05) is 69.7 Å². The third-order valence-electron chi connectivity index (χ3n) is 5.46. The molecular formula is C25H21BrN2O2S. The molecule has 1 saturated heterocycles. The number of carbonyl (C=O) groups is 1. The highest BCUT2D eigenvalue weighted by molar-refractivity contribution is 9.10. The van der Waals surface area contributed by atoms with Crippen molar-refractivity contribution in [3.63, 3.8) is 0 Å². The molecule has 156 valence electrons. The Bertz CT molecular complexity index is 1200. The molecule has 4 aromatic rings. The van der Waals surface area contributed by atoms with Crippen molar-refractivity contribution in [2.45, 2.75) is 18.9 Å². The second-order valence-electron chi connectivity index (χ2n) is 7.60. The zero-order chi connectivity index (χ0) is 21.2. The molecule has 6 heteroatoms. The number of hydrogen-bond acceptors (Lipinski definition) is 4. The lowest BCUT2D eigenvalue weighted by Crippen LogP contribution is -2.37. The van der Waals surface area contributed by atoms with Crippen LogP contribution in [0.25, 0.3) is 21.3 Å². The van der Waals surface area contributed by atoms with Crippen molar-refractivity contribution < 1.29 is 9.53 Å². The summed E-state index contributed by atoms with van der Waals surface area (Å²) in [4.78, 5) is 20.1. The Morgan fingerprint density at radius 2 is 1.84 bits per heavy atom. The van der Waals surface area contributed by atoms with E-state index in [0.717, 1.165) is 45.3 Å². The summed E-state index contributed by atoms with van der Waals surface area (Å²) in [5, 5.41) is 0.709. The number of fused-ring (bicyclic) bond motifs is 1. The van der Waals surface area contributed by atoms with Gasteiger partial charge in [-0.2, -0.15) is 0 Å². The van der Waals surface area contributed by atoms with E-state index in [-0.39, 0.29) is 12.0 Å². The van der Waals surface area contributed by atoms with Crippen molar-refractivity contribution in [1.29, 1.82) is 0 Å². The molecule has 0 bridgehead atoms. The van der Waals surface area contributed by atoms with Crippen molar-refractivity contribution in [3.05, 3.63) is 82.8 Å². The smallest absolute Gasteiger partial charge is 0.260 e. The van der Waals surface area contributed by atoms with Gasteiger partial charge in [-0.3, -0.25) is 9.69 Å². The van der Waals surface area contributed by atoms with Crippen LogP contribution >= 0.6 is 27.3 Å². The molecular weight excluding hydrogens is 472 g/mol. The monoisotopic (exact) mass is 492 g/mol. The number of amides is 1. The summed E-state index contributed by atoms with van der Waals surface area (Å²) in [6.07, 6.45) is 2.05. The zero-order valence-electron chi connectivity index (χ0n) is 16.8. The molecule has 1 amide bonds. The molecule has 31 heavy (non-hydrogen) atoms. The molecule has 2 heterocycles. The third kappa shape index (κ3) is 4.42. The van der Waals surface area contributed by atoms with Gasteiger partial charge in [0.25, 0.3) is 5.91 Å². The molecule has 1 aliphatic rings. The number of nitrogens with zero attached hydrogens (tertiary/aromatic N) is 2. The molecule has 1 fully saturated rings. The van der Waals surface area contributed by atoms with Gasteiger partial charge in [-0.25, -0.2) is 4.98 Å². The number of aromatic nitrogens is 1. The fraction of sp³-hybridized carbons (Fsp3) is 0.200. The van der Waals surface area contributed by atoms with Gasteiger partial charge in [0.05, 0.1) is 22.9 Å². The van der Waals surface area contributed by atoms with E-state index in [0.29, 0.717) is 17.2 Å². The van der Waals surface area contributed by atoms with Crippen LogP contribution < -0.4 is 4.90 Å². The largest absolute Gasteiger partial charge is 0.376 e. The van der Waals surface area contributed by atoms with Crippen LogP contribution in [-0.2, 0) is 4.74 Å². The van der Waals surface area contributed by atoms with Gasteiger partial charge >= 0.3 is 0 Å². The van der Waals surface area contributed by atoms with Gasteiger partial charge in [0.2, 0.25) is 0 Å². The molecule has 4 nitrogen and oxygen atoms in total. The minimum Gasteiger partial charge on any atom is -0.376 e. The molecule has 1 unspecified atom stereocenters. The number of ether oxygens (including phenoxy) is 1.